The van der Waals surface area contributed by atoms with E-state index >= 15 is 0 Å². The van der Waals surface area contributed by atoms with Gasteiger partial charge in [-0.05, 0) is 19.3 Å². The van der Waals surface area contributed by atoms with Crippen LogP contribution < -0.4 is 0 Å². The van der Waals surface area contributed by atoms with Crippen LogP contribution in [-0.2, 0) is 4.79 Å². The van der Waals surface area contributed by atoms with Crippen LogP contribution in [0.1, 0.15) is 51.9 Å². The van der Waals surface area contributed by atoms with E-state index in [1.807, 2.05) is 6.92 Å². The number of nitriles is 1. The number of rotatable bonds is 6. The van der Waals surface area contributed by atoms with Crippen LogP contribution in [0.2, 0.25) is 0 Å². The van der Waals surface area contributed by atoms with Crippen LogP contribution in [0.15, 0.2) is 0 Å². The third kappa shape index (κ3) is 3.99. The Morgan fingerprint density at radius 3 is 2.61 bits per heavy atom. The van der Waals surface area contributed by atoms with Crippen LogP contribution in [0, 0.1) is 17.2 Å². The lowest BCUT2D eigenvalue weighted by molar-refractivity contribution is -0.137. The first kappa shape index (κ1) is 15.0. The molecule has 0 aromatic carbocycles. The maximum absolute atomic E-state index is 12.3. The van der Waals surface area contributed by atoms with E-state index in [1.54, 1.807) is 4.90 Å². The van der Waals surface area contributed by atoms with Gasteiger partial charge in [-0.25, -0.2) is 0 Å². The lowest BCUT2D eigenvalue weighted by Gasteiger charge is -2.35. The highest BCUT2D eigenvalue weighted by atomic mass is 16.3. The van der Waals surface area contributed by atoms with Gasteiger partial charge in [0.2, 0.25) is 5.91 Å². The lowest BCUT2D eigenvalue weighted by Crippen LogP contribution is -2.45. The molecule has 1 aliphatic carbocycles. The van der Waals surface area contributed by atoms with Crippen LogP contribution in [0.4, 0.5) is 0 Å². The Bertz CT molecular complexity index is 293. The molecule has 1 rings (SSSR count). The summed E-state index contributed by atoms with van der Waals surface area (Å²) in [5, 5.41) is 18.2. The predicted molar refractivity (Wildman–Crippen MR) is 69.7 cm³/mol. The summed E-state index contributed by atoms with van der Waals surface area (Å²) >= 11 is 0. The second-order valence-corrected chi connectivity index (χ2v) is 5.02. The minimum absolute atomic E-state index is 0.0213. The third-order valence-electron chi connectivity index (χ3n) is 3.67. The van der Waals surface area contributed by atoms with Crippen molar-refractivity contribution in [1.29, 1.82) is 5.26 Å². The van der Waals surface area contributed by atoms with Gasteiger partial charge in [-0.2, -0.15) is 5.26 Å². The number of nitrogens with zero attached hydrogens (tertiary/aromatic N) is 2. The smallest absolute Gasteiger partial charge is 0.240 e. The molecule has 0 aromatic rings. The standard InChI is InChI=1S/C14H24N2O2/c1-2-6-12(11-15)14(18)16(9-10-17)13-7-4-3-5-8-13/h12-13,17H,2-10H2,1H3. The minimum atomic E-state index is -0.538. The topological polar surface area (TPSA) is 64.3 Å². The second kappa shape index (κ2) is 8.10. The Balaban J connectivity index is 2.69. The van der Waals surface area contributed by atoms with Crippen molar-refractivity contribution in [3.63, 3.8) is 0 Å². The molecule has 4 nitrogen and oxygen atoms in total. The molecule has 1 atom stereocenters. The molecule has 1 aliphatic rings. The number of amides is 1. The maximum atomic E-state index is 12.3. The summed E-state index contributed by atoms with van der Waals surface area (Å²) in [7, 11) is 0. The average molecular weight is 252 g/mol. The van der Waals surface area contributed by atoms with Gasteiger partial charge in [0.15, 0.2) is 0 Å². The summed E-state index contributed by atoms with van der Waals surface area (Å²) in [5.74, 6) is -0.622. The molecule has 0 spiro atoms. The van der Waals surface area contributed by atoms with Gasteiger partial charge in [-0.1, -0.05) is 32.6 Å². The highest BCUT2D eigenvalue weighted by Crippen LogP contribution is 2.24. The van der Waals surface area contributed by atoms with Crippen LogP contribution in [-0.4, -0.2) is 35.1 Å². The van der Waals surface area contributed by atoms with E-state index in [0.29, 0.717) is 13.0 Å². The monoisotopic (exact) mass is 252 g/mol. The SMILES string of the molecule is CCCC(C#N)C(=O)N(CCO)C1CCCCC1. The normalized spacial score (nSPS) is 18.1. The van der Waals surface area contributed by atoms with Crippen molar-refractivity contribution in [3.8, 4) is 6.07 Å². The molecule has 1 N–H and O–H groups in total. The van der Waals surface area contributed by atoms with E-state index < -0.39 is 5.92 Å². The largest absolute Gasteiger partial charge is 0.395 e. The van der Waals surface area contributed by atoms with Crippen molar-refractivity contribution in [2.75, 3.05) is 13.2 Å². The van der Waals surface area contributed by atoms with E-state index in [0.717, 1.165) is 32.1 Å². The number of hydrogen-bond donors (Lipinski definition) is 1. The Morgan fingerprint density at radius 1 is 1.44 bits per heavy atom. The molecule has 0 aromatic heterocycles. The van der Waals surface area contributed by atoms with Gasteiger partial charge < -0.3 is 10.0 Å². The van der Waals surface area contributed by atoms with Gasteiger partial charge in [-0.15, -0.1) is 0 Å². The van der Waals surface area contributed by atoms with E-state index in [2.05, 4.69) is 6.07 Å². The van der Waals surface area contributed by atoms with Crippen LogP contribution >= 0.6 is 0 Å². The van der Waals surface area contributed by atoms with Crippen LogP contribution in [0.25, 0.3) is 0 Å². The quantitative estimate of drug-likeness (QED) is 0.787. The fourth-order valence-corrected chi connectivity index (χ4v) is 2.71. The summed E-state index contributed by atoms with van der Waals surface area (Å²) in [6, 6.07) is 2.34. The molecule has 1 saturated carbocycles. The molecule has 0 radical (unpaired) electrons. The molecule has 0 aliphatic heterocycles. The Labute approximate surface area is 110 Å². The van der Waals surface area contributed by atoms with Gasteiger partial charge >= 0.3 is 0 Å². The fourth-order valence-electron chi connectivity index (χ4n) is 2.71. The molecule has 0 bridgehead atoms. The zero-order chi connectivity index (χ0) is 13.4. The first-order chi connectivity index (χ1) is 8.74. The summed E-state index contributed by atoms with van der Waals surface area (Å²) in [6.45, 7) is 2.33. The Kier molecular flexibility index (Phi) is 6.74. The van der Waals surface area contributed by atoms with Gasteiger partial charge in [-0.3, -0.25) is 4.79 Å². The summed E-state index contributed by atoms with van der Waals surface area (Å²) in [6.07, 6.45) is 6.99. The van der Waals surface area contributed by atoms with E-state index in [4.69, 9.17) is 10.4 Å². The van der Waals surface area contributed by atoms with Crippen molar-refractivity contribution >= 4 is 5.91 Å². The molecule has 18 heavy (non-hydrogen) atoms. The first-order valence-corrected chi connectivity index (χ1v) is 7.05. The highest BCUT2D eigenvalue weighted by molar-refractivity contribution is 5.81. The molecule has 4 heteroatoms. The first-order valence-electron chi connectivity index (χ1n) is 7.05. The molecule has 0 heterocycles. The molecule has 1 unspecified atom stereocenters. The lowest BCUT2D eigenvalue weighted by atomic mass is 9.92. The van der Waals surface area contributed by atoms with Crippen molar-refractivity contribution < 1.29 is 9.90 Å². The highest BCUT2D eigenvalue weighted by Gasteiger charge is 2.29. The van der Waals surface area contributed by atoms with Gasteiger partial charge in [0, 0.05) is 12.6 Å². The van der Waals surface area contributed by atoms with Crippen molar-refractivity contribution in [2.24, 2.45) is 5.92 Å². The second-order valence-electron chi connectivity index (χ2n) is 5.02. The molecular weight excluding hydrogens is 228 g/mol. The van der Waals surface area contributed by atoms with Crippen LogP contribution in [0.3, 0.4) is 0 Å². The Hall–Kier alpha value is -1.08. The minimum Gasteiger partial charge on any atom is -0.395 e. The van der Waals surface area contributed by atoms with E-state index in [1.165, 1.54) is 6.42 Å². The predicted octanol–water partition coefficient (Wildman–Crippen LogP) is 2.08. The summed E-state index contributed by atoms with van der Waals surface area (Å²) < 4.78 is 0. The van der Waals surface area contributed by atoms with E-state index in [9.17, 15) is 4.79 Å². The molecule has 102 valence electrons. The Morgan fingerprint density at radius 2 is 2.11 bits per heavy atom. The molecule has 1 amide bonds. The van der Waals surface area contributed by atoms with E-state index in [-0.39, 0.29) is 18.6 Å². The number of carbonyl (C=O) groups excluding carboxylic acids is 1. The third-order valence-corrected chi connectivity index (χ3v) is 3.67. The van der Waals surface area contributed by atoms with Crippen LogP contribution in [0.5, 0.6) is 0 Å². The van der Waals surface area contributed by atoms with Crippen molar-refractivity contribution in [1.82, 2.24) is 4.90 Å². The molecule has 0 saturated heterocycles. The van der Waals surface area contributed by atoms with Gasteiger partial charge in [0.25, 0.3) is 0 Å². The zero-order valence-electron chi connectivity index (χ0n) is 11.3. The maximum Gasteiger partial charge on any atom is 0.240 e. The average Bonchev–Trinajstić information content (AvgIpc) is 2.42. The van der Waals surface area contributed by atoms with Crippen molar-refractivity contribution in [3.05, 3.63) is 0 Å². The summed E-state index contributed by atoms with van der Waals surface area (Å²) in [4.78, 5) is 14.1. The van der Waals surface area contributed by atoms with Crippen molar-refractivity contribution in [2.45, 2.75) is 57.9 Å². The number of carbonyl (C=O) groups is 1. The number of aliphatic hydroxyl groups excluding tert-OH is 1. The summed E-state index contributed by atoms with van der Waals surface area (Å²) in [5.41, 5.74) is 0. The zero-order valence-corrected chi connectivity index (χ0v) is 11.3. The van der Waals surface area contributed by atoms with Gasteiger partial charge in [0.05, 0.1) is 12.7 Å². The fraction of sp³-hybridized carbons (Fsp3) is 0.857. The molecular formula is C14H24N2O2. The number of aliphatic hydroxyl groups is 1. The molecule has 1 fully saturated rings. The van der Waals surface area contributed by atoms with Gasteiger partial charge in [0.1, 0.15) is 5.92 Å². The number of hydrogen-bond acceptors (Lipinski definition) is 3.